The molecule has 0 aliphatic rings. The molecule has 8 rings (SSSR count). The zero-order valence-corrected chi connectivity index (χ0v) is 37.6. The quantitative estimate of drug-likeness (QED) is 0.0773. The minimum atomic E-state index is -2.69. The summed E-state index contributed by atoms with van der Waals surface area (Å²) in [6.07, 6.45) is 2.10. The second-order valence-corrected chi connectivity index (χ2v) is 16.6. The second kappa shape index (κ2) is 19.0. The molecule has 5 N–H and O–H groups in total. The van der Waals surface area contributed by atoms with Crippen LogP contribution >= 0.6 is 34.8 Å². The summed E-state index contributed by atoms with van der Waals surface area (Å²) in [7, 11) is 0. The number of nitrogens with zero attached hydrogens (tertiary/aromatic N) is 3. The number of nitrogens with two attached hydrogens (primary N) is 1. The van der Waals surface area contributed by atoms with E-state index in [4.69, 9.17) is 50.0 Å². The smallest absolute Gasteiger partial charge is 0.341 e. The maximum Gasteiger partial charge on any atom is 0.341 e. The van der Waals surface area contributed by atoms with Gasteiger partial charge in [0.05, 0.1) is 22.1 Å². The Labute approximate surface area is 394 Å². The van der Waals surface area contributed by atoms with Crippen LogP contribution in [0.3, 0.4) is 0 Å². The number of benzene rings is 6. The van der Waals surface area contributed by atoms with Crippen LogP contribution in [0.15, 0.2) is 152 Å². The fourth-order valence-electron chi connectivity index (χ4n) is 8.10. The Morgan fingerprint density at radius 3 is 1.68 bits per heavy atom. The summed E-state index contributed by atoms with van der Waals surface area (Å²) in [5, 5.41) is 29.1. The van der Waals surface area contributed by atoms with Gasteiger partial charge in [-0.3, -0.25) is 24.4 Å². The van der Waals surface area contributed by atoms with Crippen LogP contribution in [0.5, 0.6) is 23.0 Å². The first-order chi connectivity index (χ1) is 31.8. The molecule has 2 aromatic heterocycles. The molecule has 0 aliphatic carbocycles. The number of para-hydroxylation sites is 1. The van der Waals surface area contributed by atoms with E-state index >= 15 is 4.79 Å². The highest BCUT2D eigenvalue weighted by Crippen LogP contribution is 2.51. The van der Waals surface area contributed by atoms with Crippen LogP contribution in [-0.4, -0.2) is 48.6 Å². The molecule has 0 aliphatic heterocycles. The Kier molecular flexibility index (Phi) is 13.0. The molecule has 15 heteroatoms. The monoisotopic (exact) mass is 939 g/mol. The Hall–Kier alpha value is -7.38. The summed E-state index contributed by atoms with van der Waals surface area (Å²) in [6, 6.07) is 35.0. The number of aromatic nitrogens is 2. The molecule has 8 aromatic rings. The maximum absolute atomic E-state index is 16.9. The van der Waals surface area contributed by atoms with E-state index in [1.807, 2.05) is 19.1 Å². The number of phenols is 2. The van der Waals surface area contributed by atoms with Gasteiger partial charge in [-0.05, 0) is 102 Å². The first-order valence-electron chi connectivity index (χ1n) is 20.5. The second-order valence-electron chi connectivity index (χ2n) is 15.4. The summed E-state index contributed by atoms with van der Waals surface area (Å²) < 4.78 is 13.4. The van der Waals surface area contributed by atoms with Crippen molar-refractivity contribution in [3.8, 4) is 23.0 Å². The van der Waals surface area contributed by atoms with Gasteiger partial charge in [0.1, 0.15) is 40.5 Å². The van der Waals surface area contributed by atoms with Crippen molar-refractivity contribution < 1.29 is 34.1 Å². The van der Waals surface area contributed by atoms with E-state index in [-0.39, 0.29) is 71.7 Å². The Morgan fingerprint density at radius 2 is 1.15 bits per heavy atom. The van der Waals surface area contributed by atoms with Crippen LogP contribution in [0.2, 0.25) is 15.1 Å². The highest BCUT2D eigenvalue weighted by molar-refractivity contribution is 6.36. The van der Waals surface area contributed by atoms with Crippen molar-refractivity contribution >= 4 is 80.0 Å². The van der Waals surface area contributed by atoms with E-state index in [1.165, 1.54) is 48.5 Å². The maximum atomic E-state index is 16.9. The van der Waals surface area contributed by atoms with Gasteiger partial charge in [-0.2, -0.15) is 0 Å². The number of hydrogen-bond donors (Lipinski definition) is 4. The molecule has 3 amide bonds. The highest BCUT2D eigenvalue weighted by atomic mass is 35.5. The molecule has 332 valence electrons. The molecule has 2 heterocycles. The number of aromatic hydroxyl groups is 2. The van der Waals surface area contributed by atoms with Crippen molar-refractivity contribution in [3.05, 3.63) is 195 Å². The summed E-state index contributed by atoms with van der Waals surface area (Å²) in [5.41, 5.74) is 8.25. The van der Waals surface area contributed by atoms with Crippen LogP contribution < -0.4 is 20.5 Å². The molecule has 0 saturated carbocycles. The lowest BCUT2D eigenvalue weighted by molar-refractivity contribution is -0.185. The molecular formula is C51H40Cl3N5O7. The van der Waals surface area contributed by atoms with Crippen molar-refractivity contribution in [1.82, 2.24) is 14.9 Å². The summed E-state index contributed by atoms with van der Waals surface area (Å²) in [6.45, 7) is 3.18. The van der Waals surface area contributed by atoms with E-state index in [0.29, 0.717) is 27.6 Å². The predicted molar refractivity (Wildman–Crippen MR) is 255 cm³/mol. The highest BCUT2D eigenvalue weighted by Gasteiger charge is 2.53. The number of carbonyl (C=O) groups is 3. The number of primary amides is 1. The number of halogens is 3. The Balaban J connectivity index is 1.53. The molecule has 6 aromatic carbocycles. The fourth-order valence-corrected chi connectivity index (χ4v) is 8.88. The van der Waals surface area contributed by atoms with Crippen LogP contribution in [0.1, 0.15) is 53.2 Å². The van der Waals surface area contributed by atoms with Gasteiger partial charge in [0.2, 0.25) is 11.8 Å². The summed E-state index contributed by atoms with van der Waals surface area (Å²) in [4.78, 5) is 52.8. The lowest BCUT2D eigenvalue weighted by Gasteiger charge is -2.45. The first kappa shape index (κ1) is 45.2. The molecule has 12 nitrogen and oxygen atoms in total. The number of phenolic OH excluding ortho intramolecular Hbond substituents is 2. The topological polar surface area (TPSA) is 177 Å². The normalized spacial score (nSPS) is 13.0. The van der Waals surface area contributed by atoms with Crippen molar-refractivity contribution in [3.63, 3.8) is 0 Å². The predicted octanol–water partition coefficient (Wildman–Crippen LogP) is 10.9. The molecule has 3 unspecified atom stereocenters. The van der Waals surface area contributed by atoms with Crippen LogP contribution in [0, 0.1) is 6.92 Å². The SMILES string of the molecule is CC(=O)Nc1ccc(OC(CC(N)=O)(Oc2ccccc2)C(=O)N(C(c2ccccc2C)c2cc(Cl)c3cccnc3c2O)C(c2ccccc2Cl)c2cc(Cl)c3cccnc3c2O)cc1. The summed E-state index contributed by atoms with van der Waals surface area (Å²) in [5.74, 6) is -5.62. The van der Waals surface area contributed by atoms with Gasteiger partial charge < -0.3 is 35.6 Å². The van der Waals surface area contributed by atoms with Gasteiger partial charge in [0.25, 0.3) is 0 Å². The largest absolute Gasteiger partial charge is 0.505 e. The average Bonchev–Trinajstić information content (AvgIpc) is 3.30. The molecule has 0 fully saturated rings. The number of nitrogens with one attached hydrogen (secondary N) is 1. The van der Waals surface area contributed by atoms with E-state index in [0.717, 1.165) is 0 Å². The molecule has 3 atom stereocenters. The first-order valence-corrected chi connectivity index (χ1v) is 21.6. The van der Waals surface area contributed by atoms with Gasteiger partial charge in [0, 0.05) is 51.9 Å². The Morgan fingerprint density at radius 1 is 0.652 bits per heavy atom. The van der Waals surface area contributed by atoms with Crippen molar-refractivity contribution in [2.24, 2.45) is 5.73 Å². The third-order valence-corrected chi connectivity index (χ3v) is 11.9. The number of fused-ring (bicyclic) bond motifs is 2. The van der Waals surface area contributed by atoms with Crippen molar-refractivity contribution in [2.45, 2.75) is 38.1 Å². The zero-order valence-electron chi connectivity index (χ0n) is 35.3. The third kappa shape index (κ3) is 8.99. The third-order valence-electron chi connectivity index (χ3n) is 11.0. The van der Waals surface area contributed by atoms with Gasteiger partial charge in [-0.1, -0.05) is 95.5 Å². The fraction of sp³-hybridized carbons (Fsp3) is 0.118. The molecule has 0 spiro atoms. The molecule has 0 bridgehead atoms. The van der Waals surface area contributed by atoms with Gasteiger partial charge in [-0.15, -0.1) is 0 Å². The van der Waals surface area contributed by atoms with E-state index < -0.39 is 36.1 Å². The standard InChI is InChI=1S/C51H40Cl3N5O7/c1-29-12-6-7-15-34(29)46(38-26-41(53)35-17-10-24-56-44(35)48(38)62)59(47(37-16-8-9-19-40(37)52)39-27-42(54)36-18-11-25-57-45(36)49(39)63)50(64)51(28-43(55)61,65-32-13-4-3-5-14-32)66-33-22-20-31(21-23-33)58-30(2)60/h3-27,46-47,62-63H,28H2,1-2H3,(H2,55,61)(H,58,60). The number of pyridine rings is 2. The molecule has 66 heavy (non-hydrogen) atoms. The number of hydrogen-bond acceptors (Lipinski definition) is 9. The number of amides is 3. The van der Waals surface area contributed by atoms with Gasteiger partial charge >= 0.3 is 11.7 Å². The Bertz CT molecular complexity index is 3000. The van der Waals surface area contributed by atoms with E-state index in [9.17, 15) is 19.8 Å². The van der Waals surface area contributed by atoms with E-state index in [1.54, 1.807) is 103 Å². The van der Waals surface area contributed by atoms with Crippen LogP contribution in [0.25, 0.3) is 21.8 Å². The lowest BCUT2D eigenvalue weighted by Crippen LogP contribution is -2.60. The van der Waals surface area contributed by atoms with Crippen LogP contribution in [0.4, 0.5) is 5.69 Å². The number of anilines is 1. The molecular weight excluding hydrogens is 901 g/mol. The lowest BCUT2D eigenvalue weighted by atomic mass is 9.86. The number of aryl methyl sites for hydroxylation is 1. The van der Waals surface area contributed by atoms with Gasteiger partial charge in [-0.25, -0.2) is 0 Å². The molecule has 0 saturated heterocycles. The number of rotatable bonds is 14. The number of ether oxygens (including phenoxy) is 2. The average molecular weight is 941 g/mol. The number of carbonyl (C=O) groups excluding carboxylic acids is 3. The minimum absolute atomic E-state index is 0.0258. The molecule has 0 radical (unpaired) electrons. The van der Waals surface area contributed by atoms with Crippen molar-refractivity contribution in [1.29, 1.82) is 0 Å². The van der Waals surface area contributed by atoms with Gasteiger partial charge in [0.15, 0.2) is 0 Å². The summed E-state index contributed by atoms with van der Waals surface area (Å²) >= 11 is 21.3. The van der Waals surface area contributed by atoms with Crippen LogP contribution in [-0.2, 0) is 14.4 Å². The van der Waals surface area contributed by atoms with E-state index in [2.05, 4.69) is 15.3 Å². The zero-order chi connectivity index (χ0) is 46.7. The van der Waals surface area contributed by atoms with Crippen molar-refractivity contribution in [2.75, 3.05) is 5.32 Å². The minimum Gasteiger partial charge on any atom is -0.505 e.